The second-order valence-electron chi connectivity index (χ2n) is 16.1. The number of fused-ring (bicyclic) bond motifs is 10. The summed E-state index contributed by atoms with van der Waals surface area (Å²) in [5, 5.41) is 4.98. The number of benzene rings is 9. The molecule has 3 nitrogen and oxygen atoms in total. The van der Waals surface area contributed by atoms with Gasteiger partial charge >= 0.3 is 0 Å². The zero-order valence-corrected chi connectivity index (χ0v) is 31.8. The van der Waals surface area contributed by atoms with Gasteiger partial charge in [0, 0.05) is 39.5 Å². The van der Waals surface area contributed by atoms with E-state index >= 15 is 0 Å². The minimum atomic E-state index is -0.234. The molecule has 3 aliphatic rings. The van der Waals surface area contributed by atoms with Gasteiger partial charge in [0.05, 0.1) is 0 Å². The molecule has 0 saturated heterocycles. The van der Waals surface area contributed by atoms with Gasteiger partial charge in [-0.3, -0.25) is 0 Å². The minimum absolute atomic E-state index is 0.0549. The molecule has 0 atom stereocenters. The van der Waals surface area contributed by atoms with Gasteiger partial charge in [0.25, 0.3) is 6.71 Å². The third-order valence-corrected chi connectivity index (χ3v) is 12.6. The third kappa shape index (κ3) is 4.68. The molecule has 0 radical (unpaired) electrons. The Labute approximate surface area is 333 Å². The number of anilines is 6. The third-order valence-electron chi connectivity index (χ3n) is 12.6. The van der Waals surface area contributed by atoms with Crippen molar-refractivity contribution in [3.05, 3.63) is 199 Å². The molecule has 9 aromatic carbocycles. The lowest BCUT2D eigenvalue weighted by Crippen LogP contribution is -2.59. The quantitative estimate of drug-likeness (QED) is 0.168. The Morgan fingerprint density at radius 2 is 1.18 bits per heavy atom. The molecule has 0 saturated carbocycles. The molecular formula is C53H37BN2O. The smallest absolute Gasteiger partial charge is 0.256 e. The van der Waals surface area contributed by atoms with E-state index in [1.165, 1.54) is 71.6 Å². The molecule has 12 rings (SSSR count). The van der Waals surface area contributed by atoms with Crippen molar-refractivity contribution in [3.63, 3.8) is 0 Å². The van der Waals surface area contributed by atoms with Gasteiger partial charge in [0.15, 0.2) is 0 Å². The number of rotatable bonds is 4. The van der Waals surface area contributed by atoms with Crippen molar-refractivity contribution in [1.29, 1.82) is 0 Å². The van der Waals surface area contributed by atoms with Crippen molar-refractivity contribution in [2.45, 2.75) is 19.3 Å². The minimum Gasteiger partial charge on any atom is -0.458 e. The summed E-state index contributed by atoms with van der Waals surface area (Å²) in [7, 11) is 0. The van der Waals surface area contributed by atoms with Crippen LogP contribution in [0.25, 0.3) is 32.7 Å². The lowest BCUT2D eigenvalue weighted by atomic mass is 9.34. The van der Waals surface area contributed by atoms with Crippen LogP contribution in [-0.4, -0.2) is 6.71 Å². The van der Waals surface area contributed by atoms with E-state index in [1.807, 2.05) is 0 Å². The Bertz CT molecular complexity index is 3100. The van der Waals surface area contributed by atoms with Crippen molar-refractivity contribution in [2.75, 3.05) is 9.80 Å². The first-order valence-corrected chi connectivity index (χ1v) is 19.9. The van der Waals surface area contributed by atoms with E-state index in [4.69, 9.17) is 4.74 Å². The number of hydrogen-bond acceptors (Lipinski definition) is 3. The lowest BCUT2D eigenvalue weighted by molar-refractivity contribution is 0.487. The average Bonchev–Trinajstić information content (AvgIpc) is 3.48. The molecule has 0 unspecified atom stereocenters. The van der Waals surface area contributed by atoms with Gasteiger partial charge < -0.3 is 14.5 Å². The molecule has 4 heteroatoms. The second kappa shape index (κ2) is 12.0. The summed E-state index contributed by atoms with van der Waals surface area (Å²) in [4.78, 5) is 4.77. The van der Waals surface area contributed by atoms with Crippen LogP contribution in [0.3, 0.4) is 0 Å². The first-order valence-electron chi connectivity index (χ1n) is 19.9. The highest BCUT2D eigenvalue weighted by Gasteiger charge is 2.45. The van der Waals surface area contributed by atoms with Crippen molar-refractivity contribution < 1.29 is 4.74 Å². The van der Waals surface area contributed by atoms with Crippen LogP contribution in [0, 0.1) is 0 Å². The fourth-order valence-corrected chi connectivity index (χ4v) is 10.1. The normalized spacial score (nSPS) is 14.0. The largest absolute Gasteiger partial charge is 0.458 e. The van der Waals surface area contributed by atoms with Crippen LogP contribution in [0.4, 0.5) is 34.1 Å². The molecule has 2 aliphatic heterocycles. The summed E-state index contributed by atoms with van der Waals surface area (Å²) in [5.41, 5.74) is 15.7. The maximum atomic E-state index is 6.94. The molecule has 9 aromatic rings. The summed E-state index contributed by atoms with van der Waals surface area (Å²) in [6, 6.07) is 68.6. The molecule has 2 heterocycles. The van der Waals surface area contributed by atoms with E-state index in [2.05, 4.69) is 212 Å². The fraction of sp³-hybridized carbons (Fsp3) is 0.0566. The van der Waals surface area contributed by atoms with Gasteiger partial charge in [-0.05, 0) is 133 Å². The Hall–Kier alpha value is -7.04. The van der Waals surface area contributed by atoms with E-state index in [0.29, 0.717) is 0 Å². The van der Waals surface area contributed by atoms with Crippen molar-refractivity contribution in [1.82, 2.24) is 0 Å². The van der Waals surface area contributed by atoms with E-state index in [1.54, 1.807) is 0 Å². The lowest BCUT2D eigenvalue weighted by Gasteiger charge is -2.40. The maximum absolute atomic E-state index is 6.94. The molecule has 268 valence electrons. The van der Waals surface area contributed by atoms with Crippen LogP contribution in [0.1, 0.15) is 25.0 Å². The summed E-state index contributed by atoms with van der Waals surface area (Å²) in [5.74, 6) is 1.87. The highest BCUT2D eigenvalue weighted by atomic mass is 16.5. The Morgan fingerprint density at radius 3 is 2.02 bits per heavy atom. The monoisotopic (exact) mass is 728 g/mol. The van der Waals surface area contributed by atoms with Crippen LogP contribution in [0.5, 0.6) is 11.5 Å². The first kappa shape index (κ1) is 32.2. The molecule has 1 aliphatic carbocycles. The second-order valence-corrected chi connectivity index (χ2v) is 16.1. The van der Waals surface area contributed by atoms with E-state index in [0.717, 1.165) is 34.2 Å². The van der Waals surface area contributed by atoms with Crippen LogP contribution < -0.4 is 30.9 Å². The molecular weight excluding hydrogens is 691 g/mol. The van der Waals surface area contributed by atoms with Gasteiger partial charge in [-0.2, -0.15) is 0 Å². The topological polar surface area (TPSA) is 15.7 Å². The molecule has 0 spiro atoms. The molecule has 0 N–H and O–H groups in total. The number of ether oxygens (including phenoxy) is 1. The average molecular weight is 729 g/mol. The van der Waals surface area contributed by atoms with Crippen LogP contribution in [-0.2, 0) is 5.41 Å². The van der Waals surface area contributed by atoms with Crippen LogP contribution in [0.2, 0.25) is 0 Å². The predicted octanol–water partition coefficient (Wildman–Crippen LogP) is 12.2. The van der Waals surface area contributed by atoms with Gasteiger partial charge in [-0.25, -0.2) is 0 Å². The summed E-state index contributed by atoms with van der Waals surface area (Å²) >= 11 is 0. The van der Waals surface area contributed by atoms with Crippen molar-refractivity contribution >= 4 is 78.8 Å². The van der Waals surface area contributed by atoms with Crippen molar-refractivity contribution in [3.8, 4) is 22.6 Å². The number of nitrogens with zero attached hydrogens (tertiary/aromatic N) is 2. The van der Waals surface area contributed by atoms with Crippen LogP contribution >= 0.6 is 0 Å². The standard InChI is InChI=1S/C53H37BN2O/c1-53(2)44-33-46-50(57-49-23-13-22-48-52(49)54(46)45-20-11-12-21-47(45)56(48)38-18-7-4-8-19-38)32-43(44)42-28-25-36-31-40(27-29-41(36)51(42)53)55(37-16-5-3-6-17-37)39-26-24-34-14-9-10-15-35(34)30-39/h3-33H,1-2H3. The summed E-state index contributed by atoms with van der Waals surface area (Å²) < 4.78 is 6.94. The highest BCUT2D eigenvalue weighted by molar-refractivity contribution is 6.99. The molecule has 0 amide bonds. The van der Waals surface area contributed by atoms with E-state index in [-0.39, 0.29) is 12.1 Å². The van der Waals surface area contributed by atoms with Crippen LogP contribution in [0.15, 0.2) is 188 Å². The summed E-state index contributed by atoms with van der Waals surface area (Å²) in [6.07, 6.45) is 0. The van der Waals surface area contributed by atoms with Gasteiger partial charge in [-0.15, -0.1) is 0 Å². The fourth-order valence-electron chi connectivity index (χ4n) is 10.1. The predicted molar refractivity (Wildman–Crippen MR) is 240 cm³/mol. The Balaban J connectivity index is 0.997. The molecule has 0 bridgehead atoms. The van der Waals surface area contributed by atoms with Crippen molar-refractivity contribution in [2.24, 2.45) is 0 Å². The van der Waals surface area contributed by atoms with E-state index in [9.17, 15) is 0 Å². The molecule has 0 aromatic heterocycles. The molecule has 57 heavy (non-hydrogen) atoms. The molecule has 0 fully saturated rings. The maximum Gasteiger partial charge on any atom is 0.256 e. The van der Waals surface area contributed by atoms with Gasteiger partial charge in [-0.1, -0.05) is 129 Å². The Morgan fingerprint density at radius 1 is 0.491 bits per heavy atom. The van der Waals surface area contributed by atoms with Gasteiger partial charge in [0.1, 0.15) is 11.5 Å². The Kier molecular flexibility index (Phi) is 6.77. The SMILES string of the molecule is CC1(C)c2cc3c(cc2-c2ccc4cc(N(c5ccccc5)c5ccc6ccccc6c5)ccc4c21)Oc1cccc2c1B3c1ccccc1N2c1ccccc1. The first-order chi connectivity index (χ1) is 28.0. The number of hydrogen-bond donors (Lipinski definition) is 0. The van der Waals surface area contributed by atoms with Gasteiger partial charge in [0.2, 0.25) is 0 Å². The van der Waals surface area contributed by atoms with E-state index < -0.39 is 0 Å². The zero-order chi connectivity index (χ0) is 37.8. The summed E-state index contributed by atoms with van der Waals surface area (Å²) in [6.45, 7) is 4.86. The highest BCUT2D eigenvalue weighted by Crippen LogP contribution is 2.53. The zero-order valence-electron chi connectivity index (χ0n) is 31.8. The number of para-hydroxylation sites is 3.